The van der Waals surface area contributed by atoms with E-state index in [0.29, 0.717) is 11.0 Å². The minimum Gasteiger partial charge on any atom is -0.619 e. The van der Waals surface area contributed by atoms with E-state index >= 15 is 0 Å². The lowest BCUT2D eigenvalue weighted by atomic mass is 10.2. The highest BCUT2D eigenvalue weighted by Crippen LogP contribution is 2.16. The molecule has 0 unspecified atom stereocenters. The Balaban J connectivity index is 3.22. The number of carbonyl (C=O) groups excluding carboxylic acids is 1. The molecule has 0 fully saturated rings. The Kier molecular flexibility index (Phi) is 2.90. The summed E-state index contributed by atoms with van der Waals surface area (Å²) in [6.07, 6.45) is 4.82. The van der Waals surface area contributed by atoms with Gasteiger partial charge in [0, 0.05) is 0 Å². The molecular weight excluding hydrogens is 188 g/mol. The van der Waals surface area contributed by atoms with Crippen molar-refractivity contribution in [2.24, 2.45) is 0 Å². The van der Waals surface area contributed by atoms with Gasteiger partial charge < -0.3 is 5.21 Å². The Labute approximate surface area is 78.8 Å². The van der Waals surface area contributed by atoms with Crippen LogP contribution < -0.4 is 4.73 Å². The van der Waals surface area contributed by atoms with E-state index < -0.39 is 4.92 Å². The maximum absolute atomic E-state index is 10.8. The van der Waals surface area contributed by atoms with E-state index in [-0.39, 0.29) is 11.3 Å². The van der Waals surface area contributed by atoms with Crippen molar-refractivity contribution in [3.05, 3.63) is 45.4 Å². The van der Waals surface area contributed by atoms with Crippen molar-refractivity contribution in [2.75, 3.05) is 0 Å². The lowest BCUT2D eigenvalue weighted by Gasteiger charge is -1.97. The van der Waals surface area contributed by atoms with Gasteiger partial charge in [-0.3, -0.25) is 14.9 Å². The van der Waals surface area contributed by atoms with Gasteiger partial charge in [0.25, 0.3) is 5.69 Å². The van der Waals surface area contributed by atoms with Gasteiger partial charge in [-0.05, 0) is 12.2 Å². The predicted molar refractivity (Wildman–Crippen MR) is 47.2 cm³/mol. The maximum atomic E-state index is 10.8. The largest absolute Gasteiger partial charge is 0.619 e. The summed E-state index contributed by atoms with van der Waals surface area (Å²) in [5.41, 5.74) is -0.116. The standard InChI is InChI=1S/C8H6N2O4/c11-5-1-2-7-6-9(12)4-3-8(7)10(13)14/h1-6H. The molecule has 0 bridgehead atoms. The number of aromatic nitrogens is 1. The molecule has 1 aromatic rings. The molecule has 0 aliphatic carbocycles. The van der Waals surface area contributed by atoms with Gasteiger partial charge in [-0.2, -0.15) is 4.73 Å². The summed E-state index contributed by atoms with van der Waals surface area (Å²) >= 11 is 0. The van der Waals surface area contributed by atoms with Crippen LogP contribution in [-0.2, 0) is 4.79 Å². The highest BCUT2D eigenvalue weighted by atomic mass is 16.6. The van der Waals surface area contributed by atoms with Gasteiger partial charge >= 0.3 is 0 Å². The molecule has 72 valence electrons. The number of carbonyl (C=O) groups is 1. The smallest absolute Gasteiger partial charge is 0.288 e. The van der Waals surface area contributed by atoms with Gasteiger partial charge in [0.15, 0.2) is 12.4 Å². The van der Waals surface area contributed by atoms with Crippen LogP contribution in [0.5, 0.6) is 0 Å². The van der Waals surface area contributed by atoms with Crippen LogP contribution >= 0.6 is 0 Å². The number of nitro groups is 1. The van der Waals surface area contributed by atoms with Gasteiger partial charge in [0.05, 0.1) is 11.0 Å². The highest BCUT2D eigenvalue weighted by Gasteiger charge is 2.13. The Morgan fingerprint density at radius 2 is 2.21 bits per heavy atom. The van der Waals surface area contributed by atoms with Crippen molar-refractivity contribution in [3.63, 3.8) is 0 Å². The number of rotatable bonds is 3. The Morgan fingerprint density at radius 1 is 1.50 bits per heavy atom. The average Bonchev–Trinajstić information content (AvgIpc) is 2.14. The molecule has 1 aromatic heterocycles. The first-order valence-electron chi connectivity index (χ1n) is 3.64. The second-order valence-electron chi connectivity index (χ2n) is 2.40. The Bertz CT molecular complexity index is 400. The van der Waals surface area contributed by atoms with Crippen molar-refractivity contribution in [1.29, 1.82) is 0 Å². The molecule has 0 aromatic carbocycles. The van der Waals surface area contributed by atoms with Gasteiger partial charge in [-0.25, -0.2) is 0 Å². The molecule has 0 amide bonds. The first-order chi connectivity index (χ1) is 6.65. The summed E-state index contributed by atoms with van der Waals surface area (Å²) in [5.74, 6) is 0. The summed E-state index contributed by atoms with van der Waals surface area (Å²) in [5, 5.41) is 21.3. The first kappa shape index (κ1) is 9.85. The normalized spacial score (nSPS) is 10.3. The van der Waals surface area contributed by atoms with E-state index in [4.69, 9.17) is 0 Å². The number of aldehydes is 1. The number of hydrogen-bond acceptors (Lipinski definition) is 4. The maximum Gasteiger partial charge on any atom is 0.288 e. The fourth-order valence-electron chi connectivity index (χ4n) is 0.924. The minimum atomic E-state index is -0.621. The van der Waals surface area contributed by atoms with E-state index in [2.05, 4.69) is 0 Å². The average molecular weight is 194 g/mol. The molecule has 0 saturated heterocycles. The fourth-order valence-corrected chi connectivity index (χ4v) is 0.924. The Morgan fingerprint density at radius 3 is 2.79 bits per heavy atom. The molecule has 0 spiro atoms. The van der Waals surface area contributed by atoms with Gasteiger partial charge in [-0.15, -0.1) is 0 Å². The molecule has 0 N–H and O–H groups in total. The van der Waals surface area contributed by atoms with E-state index in [1.54, 1.807) is 0 Å². The lowest BCUT2D eigenvalue weighted by molar-refractivity contribution is -0.606. The summed E-state index contributed by atoms with van der Waals surface area (Å²) in [6, 6.07) is 1.08. The third-order valence-electron chi connectivity index (χ3n) is 1.49. The zero-order chi connectivity index (χ0) is 10.6. The second kappa shape index (κ2) is 4.13. The van der Waals surface area contributed by atoms with Crippen LogP contribution in [0.4, 0.5) is 5.69 Å². The van der Waals surface area contributed by atoms with E-state index in [9.17, 15) is 20.1 Å². The molecule has 14 heavy (non-hydrogen) atoms. The number of hydrogen-bond donors (Lipinski definition) is 0. The van der Waals surface area contributed by atoms with Crippen LogP contribution in [0.2, 0.25) is 0 Å². The van der Waals surface area contributed by atoms with Gasteiger partial charge in [0.2, 0.25) is 0 Å². The third-order valence-corrected chi connectivity index (χ3v) is 1.49. The monoisotopic (exact) mass is 194 g/mol. The van der Waals surface area contributed by atoms with E-state index in [1.165, 1.54) is 6.08 Å². The van der Waals surface area contributed by atoms with E-state index in [1.807, 2.05) is 0 Å². The molecule has 0 aliphatic rings. The van der Waals surface area contributed by atoms with Gasteiger partial charge in [0.1, 0.15) is 11.8 Å². The molecular formula is C8H6N2O4. The lowest BCUT2D eigenvalue weighted by Crippen LogP contribution is -2.24. The molecule has 1 rings (SSSR count). The first-order valence-corrected chi connectivity index (χ1v) is 3.64. The van der Waals surface area contributed by atoms with Crippen LogP contribution in [0.25, 0.3) is 6.08 Å². The topological polar surface area (TPSA) is 87.2 Å². The van der Waals surface area contributed by atoms with Crippen molar-refractivity contribution in [2.45, 2.75) is 0 Å². The summed E-state index contributed by atoms with van der Waals surface area (Å²) in [6.45, 7) is 0. The van der Waals surface area contributed by atoms with Crippen LogP contribution in [0.1, 0.15) is 5.56 Å². The molecule has 1 heterocycles. The van der Waals surface area contributed by atoms with Crippen molar-refractivity contribution in [1.82, 2.24) is 0 Å². The van der Waals surface area contributed by atoms with Crippen molar-refractivity contribution in [3.8, 4) is 0 Å². The molecule has 6 heteroatoms. The zero-order valence-corrected chi connectivity index (χ0v) is 6.99. The summed E-state index contributed by atoms with van der Waals surface area (Å²) in [7, 11) is 0. The van der Waals surface area contributed by atoms with Crippen molar-refractivity contribution >= 4 is 18.0 Å². The number of allylic oxidation sites excluding steroid dienone is 1. The van der Waals surface area contributed by atoms with Crippen LogP contribution in [0, 0.1) is 15.3 Å². The molecule has 0 saturated carbocycles. The van der Waals surface area contributed by atoms with E-state index in [0.717, 1.165) is 24.5 Å². The molecule has 0 aliphatic heterocycles. The minimum absolute atomic E-state index is 0.0969. The summed E-state index contributed by atoms with van der Waals surface area (Å²) in [4.78, 5) is 19.9. The zero-order valence-electron chi connectivity index (χ0n) is 6.99. The van der Waals surface area contributed by atoms with Crippen LogP contribution in [0.15, 0.2) is 24.5 Å². The molecule has 0 atom stereocenters. The molecule has 6 nitrogen and oxygen atoms in total. The quantitative estimate of drug-likeness (QED) is 0.174. The highest BCUT2D eigenvalue weighted by molar-refractivity contribution is 5.75. The van der Waals surface area contributed by atoms with Crippen LogP contribution in [-0.4, -0.2) is 11.2 Å². The SMILES string of the molecule is O=CC=Cc1c[n+]([O-])ccc1[N+](=O)[O-]. The summed E-state index contributed by atoms with van der Waals surface area (Å²) < 4.78 is 0.428. The fraction of sp³-hybridized carbons (Fsp3) is 0. The number of nitrogens with zero attached hydrogens (tertiary/aromatic N) is 2. The predicted octanol–water partition coefficient (Wildman–Crippen LogP) is 0.440. The molecule has 0 radical (unpaired) electrons. The van der Waals surface area contributed by atoms with Crippen molar-refractivity contribution < 1.29 is 14.4 Å². The second-order valence-corrected chi connectivity index (χ2v) is 2.40. The third kappa shape index (κ3) is 2.13. The van der Waals surface area contributed by atoms with Gasteiger partial charge in [-0.1, -0.05) is 0 Å². The van der Waals surface area contributed by atoms with Crippen LogP contribution in [0.3, 0.4) is 0 Å². The Hall–Kier alpha value is -2.24. The number of pyridine rings is 1.